The SMILES string of the molecule is CCc1cc2scc(Br)c2cc1SC. The monoisotopic (exact) mass is 286 g/mol. The fraction of sp³-hybridized carbons (Fsp3) is 0.273. The largest absolute Gasteiger partial charge is 0.143 e. The highest BCUT2D eigenvalue weighted by Crippen LogP contribution is 2.35. The second-order valence-corrected chi connectivity index (χ2v) is 5.71. The van der Waals surface area contributed by atoms with Crippen LogP contribution in [0.3, 0.4) is 0 Å². The average molecular weight is 287 g/mol. The Hall–Kier alpha value is 0.01000. The van der Waals surface area contributed by atoms with Gasteiger partial charge in [0.1, 0.15) is 0 Å². The van der Waals surface area contributed by atoms with Gasteiger partial charge in [-0.15, -0.1) is 23.1 Å². The summed E-state index contributed by atoms with van der Waals surface area (Å²) >= 11 is 7.22. The van der Waals surface area contributed by atoms with Gasteiger partial charge in [-0.05, 0) is 46.3 Å². The maximum atomic E-state index is 3.58. The van der Waals surface area contributed by atoms with E-state index in [1.165, 1.54) is 25.0 Å². The van der Waals surface area contributed by atoms with Crippen LogP contribution in [0.15, 0.2) is 26.9 Å². The van der Waals surface area contributed by atoms with Crippen LogP contribution in [0.1, 0.15) is 12.5 Å². The van der Waals surface area contributed by atoms with Crippen molar-refractivity contribution < 1.29 is 0 Å². The molecule has 14 heavy (non-hydrogen) atoms. The molecule has 1 aromatic heterocycles. The predicted octanol–water partition coefficient (Wildman–Crippen LogP) is 4.95. The Kier molecular flexibility index (Phi) is 3.20. The molecule has 0 aliphatic carbocycles. The molecule has 0 saturated carbocycles. The summed E-state index contributed by atoms with van der Waals surface area (Å²) in [5.74, 6) is 0. The van der Waals surface area contributed by atoms with E-state index in [0.717, 1.165) is 6.42 Å². The van der Waals surface area contributed by atoms with E-state index in [9.17, 15) is 0 Å². The number of halogens is 1. The molecule has 2 aromatic rings. The van der Waals surface area contributed by atoms with E-state index < -0.39 is 0 Å². The van der Waals surface area contributed by atoms with E-state index in [0.29, 0.717) is 0 Å². The minimum absolute atomic E-state index is 1.11. The van der Waals surface area contributed by atoms with Gasteiger partial charge in [0.25, 0.3) is 0 Å². The zero-order valence-corrected chi connectivity index (χ0v) is 11.4. The number of rotatable bonds is 2. The Bertz CT molecular complexity index is 460. The Morgan fingerprint density at radius 1 is 1.43 bits per heavy atom. The Balaban J connectivity index is 2.71. The van der Waals surface area contributed by atoms with E-state index in [2.05, 4.69) is 46.6 Å². The van der Waals surface area contributed by atoms with Crippen molar-refractivity contribution in [2.75, 3.05) is 6.26 Å². The normalized spacial score (nSPS) is 11.1. The van der Waals surface area contributed by atoms with Gasteiger partial charge < -0.3 is 0 Å². The summed E-state index contributed by atoms with van der Waals surface area (Å²) in [7, 11) is 0. The van der Waals surface area contributed by atoms with Crippen molar-refractivity contribution in [1.82, 2.24) is 0 Å². The van der Waals surface area contributed by atoms with E-state index in [-0.39, 0.29) is 0 Å². The Morgan fingerprint density at radius 2 is 2.21 bits per heavy atom. The highest BCUT2D eigenvalue weighted by molar-refractivity contribution is 9.10. The molecule has 0 radical (unpaired) electrons. The summed E-state index contributed by atoms with van der Waals surface area (Å²) in [5.41, 5.74) is 1.46. The molecule has 0 nitrogen and oxygen atoms in total. The summed E-state index contributed by atoms with van der Waals surface area (Å²) in [6.07, 6.45) is 3.25. The lowest BCUT2D eigenvalue weighted by molar-refractivity contribution is 1.09. The molecule has 1 aromatic carbocycles. The van der Waals surface area contributed by atoms with Crippen molar-refractivity contribution in [2.45, 2.75) is 18.2 Å². The molecule has 0 N–H and O–H groups in total. The fourth-order valence-corrected chi connectivity index (χ4v) is 3.84. The molecular weight excluding hydrogens is 276 g/mol. The van der Waals surface area contributed by atoms with Crippen LogP contribution in [-0.2, 0) is 6.42 Å². The second kappa shape index (κ2) is 4.25. The van der Waals surface area contributed by atoms with Crippen molar-refractivity contribution in [3.05, 3.63) is 27.5 Å². The Labute approximate surface area is 101 Å². The van der Waals surface area contributed by atoms with Crippen molar-refractivity contribution in [2.24, 2.45) is 0 Å². The van der Waals surface area contributed by atoms with Crippen molar-refractivity contribution in [3.8, 4) is 0 Å². The molecule has 0 spiro atoms. The zero-order chi connectivity index (χ0) is 10.1. The van der Waals surface area contributed by atoms with Crippen molar-refractivity contribution in [1.29, 1.82) is 0 Å². The quantitative estimate of drug-likeness (QED) is 0.704. The molecule has 74 valence electrons. The number of thioether (sulfide) groups is 1. The predicted molar refractivity (Wildman–Crippen MR) is 70.7 cm³/mol. The van der Waals surface area contributed by atoms with Crippen LogP contribution in [0, 0.1) is 0 Å². The fourth-order valence-electron chi connectivity index (χ4n) is 1.53. The number of hydrogen-bond donors (Lipinski definition) is 0. The molecule has 0 unspecified atom stereocenters. The van der Waals surface area contributed by atoms with Crippen LogP contribution in [0.4, 0.5) is 0 Å². The van der Waals surface area contributed by atoms with E-state index in [1.807, 2.05) is 11.8 Å². The number of benzene rings is 1. The summed E-state index contributed by atoms with van der Waals surface area (Å²) in [6.45, 7) is 2.21. The first kappa shape index (κ1) is 10.5. The molecule has 0 aliphatic heterocycles. The molecule has 0 amide bonds. The minimum Gasteiger partial charge on any atom is -0.143 e. The topological polar surface area (TPSA) is 0 Å². The zero-order valence-electron chi connectivity index (χ0n) is 8.13. The summed E-state index contributed by atoms with van der Waals surface area (Å²) in [6, 6.07) is 4.61. The first-order valence-corrected chi connectivity index (χ1v) is 7.39. The van der Waals surface area contributed by atoms with Crippen LogP contribution in [0.25, 0.3) is 10.1 Å². The molecule has 0 fully saturated rings. The van der Waals surface area contributed by atoms with Gasteiger partial charge in [-0.1, -0.05) is 6.92 Å². The molecule has 0 bridgehead atoms. The molecule has 1 heterocycles. The van der Waals surface area contributed by atoms with Gasteiger partial charge in [-0.2, -0.15) is 0 Å². The highest BCUT2D eigenvalue weighted by atomic mass is 79.9. The van der Waals surface area contributed by atoms with Crippen LogP contribution in [0.2, 0.25) is 0 Å². The first-order valence-electron chi connectivity index (χ1n) is 4.50. The summed E-state index contributed by atoms with van der Waals surface area (Å²) in [4.78, 5) is 1.40. The third-order valence-corrected chi connectivity index (χ3v) is 5.03. The van der Waals surface area contributed by atoms with Crippen molar-refractivity contribution in [3.63, 3.8) is 0 Å². The van der Waals surface area contributed by atoms with E-state index in [1.54, 1.807) is 11.3 Å². The van der Waals surface area contributed by atoms with Gasteiger partial charge in [0.2, 0.25) is 0 Å². The first-order chi connectivity index (χ1) is 6.76. The third kappa shape index (κ3) is 1.73. The lowest BCUT2D eigenvalue weighted by atomic mass is 10.1. The van der Waals surface area contributed by atoms with Gasteiger partial charge in [0.05, 0.1) is 0 Å². The smallest absolute Gasteiger partial charge is 0.0361 e. The van der Waals surface area contributed by atoms with Gasteiger partial charge in [0, 0.05) is 24.8 Å². The van der Waals surface area contributed by atoms with Gasteiger partial charge in [-0.25, -0.2) is 0 Å². The molecule has 0 atom stereocenters. The lowest BCUT2D eigenvalue weighted by Crippen LogP contribution is -1.83. The Morgan fingerprint density at radius 3 is 2.86 bits per heavy atom. The number of thiophene rings is 1. The minimum atomic E-state index is 1.11. The maximum absolute atomic E-state index is 3.58. The average Bonchev–Trinajstić information content (AvgIpc) is 2.58. The van der Waals surface area contributed by atoms with E-state index in [4.69, 9.17) is 0 Å². The maximum Gasteiger partial charge on any atom is 0.0361 e. The molecule has 0 aliphatic rings. The molecule has 2 rings (SSSR count). The van der Waals surface area contributed by atoms with Crippen LogP contribution < -0.4 is 0 Å². The molecular formula is C11H11BrS2. The van der Waals surface area contributed by atoms with Gasteiger partial charge in [0.15, 0.2) is 0 Å². The second-order valence-electron chi connectivity index (χ2n) is 3.10. The highest BCUT2D eigenvalue weighted by Gasteiger charge is 2.06. The third-order valence-electron chi connectivity index (χ3n) is 2.31. The van der Waals surface area contributed by atoms with Gasteiger partial charge in [-0.3, -0.25) is 0 Å². The van der Waals surface area contributed by atoms with Crippen LogP contribution in [0.5, 0.6) is 0 Å². The lowest BCUT2D eigenvalue weighted by Gasteiger charge is -2.05. The van der Waals surface area contributed by atoms with Gasteiger partial charge >= 0.3 is 0 Å². The number of fused-ring (bicyclic) bond motifs is 1. The van der Waals surface area contributed by atoms with E-state index >= 15 is 0 Å². The number of aryl methyl sites for hydroxylation is 1. The summed E-state index contributed by atoms with van der Waals surface area (Å²) in [5, 5.41) is 3.50. The van der Waals surface area contributed by atoms with Crippen molar-refractivity contribution >= 4 is 49.1 Å². The molecule has 3 heteroatoms. The standard InChI is InChI=1S/C11H11BrS2/c1-3-7-4-11-8(5-10(7)13-2)9(12)6-14-11/h4-6H,3H2,1-2H3. The number of hydrogen-bond acceptors (Lipinski definition) is 2. The van der Waals surface area contributed by atoms with Crippen LogP contribution >= 0.6 is 39.0 Å². The van der Waals surface area contributed by atoms with Crippen LogP contribution in [-0.4, -0.2) is 6.26 Å². The molecule has 0 saturated heterocycles. The summed E-state index contributed by atoms with van der Waals surface area (Å²) < 4.78 is 2.60.